The van der Waals surface area contributed by atoms with Crippen LogP contribution in [0.1, 0.15) is 39.5 Å². The molecule has 0 saturated heterocycles. The Labute approximate surface area is 170 Å². The van der Waals surface area contributed by atoms with Gasteiger partial charge >= 0.3 is 11.9 Å². The van der Waals surface area contributed by atoms with Crippen LogP contribution in [0, 0.1) is 0 Å². The Kier molecular flexibility index (Phi) is 16.3. The lowest BCUT2D eigenvalue weighted by atomic mass is 10.2. The van der Waals surface area contributed by atoms with Gasteiger partial charge in [0.05, 0.1) is 18.6 Å². The molecule has 3 N–H and O–H groups in total. The zero-order valence-electron chi connectivity index (χ0n) is 16.8. The van der Waals surface area contributed by atoms with Crippen LogP contribution >= 0.6 is 0 Å². The molecule has 12 heteroatoms. The normalized spacial score (nSPS) is 10.2. The van der Waals surface area contributed by atoms with Gasteiger partial charge in [0, 0.05) is 32.5 Å². The lowest BCUT2D eigenvalue weighted by Crippen LogP contribution is -2.36. The van der Waals surface area contributed by atoms with Gasteiger partial charge in [-0.3, -0.25) is 23.7 Å². The number of hydrogen-bond acceptors (Lipinski definition) is 7. The molecule has 2 amide bonds. The maximum absolute atomic E-state index is 12.2. The topological polar surface area (TPSA) is 167 Å². The van der Waals surface area contributed by atoms with E-state index in [-0.39, 0.29) is 51.9 Å². The van der Waals surface area contributed by atoms with Crippen LogP contribution in [0.4, 0.5) is 0 Å². The molecule has 0 aromatic rings. The van der Waals surface area contributed by atoms with E-state index >= 15 is 0 Å². The number of rotatable bonds is 14. The number of carbonyl (C=O) groups is 4. The standard InChI is InChI=1S/C15H24N2O9S.C2H6/c1-2-10-26-15(22)6-9-17(8-5-14(20)21)13(19)4-3-12(18)16-7-11-27(23,24)25;1-2/h2H,1,3-11H2,(H,16,18)(H,20,21)(H,23,24,25);1-2H3. The van der Waals surface area contributed by atoms with E-state index < -0.39 is 39.6 Å². The fourth-order valence-corrected chi connectivity index (χ4v) is 2.19. The van der Waals surface area contributed by atoms with Gasteiger partial charge in [-0.1, -0.05) is 26.5 Å². The molecule has 0 aromatic heterocycles. The first-order valence-corrected chi connectivity index (χ1v) is 10.6. The fraction of sp³-hybridized carbons (Fsp3) is 0.647. The van der Waals surface area contributed by atoms with Crippen LogP contribution in [0.2, 0.25) is 0 Å². The Morgan fingerprint density at radius 1 is 1.07 bits per heavy atom. The third-order valence-electron chi connectivity index (χ3n) is 3.14. The van der Waals surface area contributed by atoms with Crippen molar-refractivity contribution in [3.63, 3.8) is 0 Å². The second kappa shape index (κ2) is 16.5. The zero-order valence-corrected chi connectivity index (χ0v) is 17.6. The summed E-state index contributed by atoms with van der Waals surface area (Å²) in [4.78, 5) is 47.1. The van der Waals surface area contributed by atoms with Gasteiger partial charge in [-0.05, 0) is 0 Å². The molecule has 168 valence electrons. The summed E-state index contributed by atoms with van der Waals surface area (Å²) in [6, 6.07) is 0. The molecule has 0 aliphatic carbocycles. The summed E-state index contributed by atoms with van der Waals surface area (Å²) in [6.07, 6.45) is 0.410. The van der Waals surface area contributed by atoms with Crippen molar-refractivity contribution in [3.05, 3.63) is 12.7 Å². The number of carboxylic acids is 1. The van der Waals surface area contributed by atoms with Crippen molar-refractivity contribution >= 4 is 33.9 Å². The predicted octanol–water partition coefficient (Wildman–Crippen LogP) is 0.219. The number of hydrogen-bond donors (Lipinski definition) is 3. The third kappa shape index (κ3) is 18.7. The summed E-state index contributed by atoms with van der Waals surface area (Å²) in [7, 11) is -4.20. The van der Waals surface area contributed by atoms with Crippen LogP contribution in [0.5, 0.6) is 0 Å². The number of aliphatic carboxylic acids is 1. The van der Waals surface area contributed by atoms with E-state index in [1.165, 1.54) is 6.08 Å². The Balaban J connectivity index is 0. The molecule has 0 aliphatic heterocycles. The smallest absolute Gasteiger partial charge is 0.307 e. The van der Waals surface area contributed by atoms with Gasteiger partial charge in [0.1, 0.15) is 6.61 Å². The Morgan fingerprint density at radius 2 is 1.66 bits per heavy atom. The lowest BCUT2D eigenvalue weighted by molar-refractivity contribution is -0.143. The highest BCUT2D eigenvalue weighted by Crippen LogP contribution is 2.03. The van der Waals surface area contributed by atoms with Crippen molar-refractivity contribution in [1.29, 1.82) is 0 Å². The van der Waals surface area contributed by atoms with Crippen LogP contribution in [-0.4, -0.2) is 78.7 Å². The molecule has 0 saturated carbocycles. The quantitative estimate of drug-likeness (QED) is 0.195. The number of carboxylic acid groups (broad SMARTS) is 1. The minimum atomic E-state index is -4.20. The van der Waals surface area contributed by atoms with E-state index in [9.17, 15) is 27.6 Å². The molecule has 0 aromatic carbocycles. The van der Waals surface area contributed by atoms with Gasteiger partial charge in [0.2, 0.25) is 11.8 Å². The number of nitrogens with zero attached hydrogens (tertiary/aromatic N) is 1. The van der Waals surface area contributed by atoms with Crippen molar-refractivity contribution in [2.75, 3.05) is 32.0 Å². The monoisotopic (exact) mass is 438 g/mol. The predicted molar refractivity (Wildman–Crippen MR) is 105 cm³/mol. The van der Waals surface area contributed by atoms with E-state index in [0.717, 1.165) is 4.90 Å². The highest BCUT2D eigenvalue weighted by molar-refractivity contribution is 7.85. The Morgan fingerprint density at radius 3 is 2.17 bits per heavy atom. The molecule has 0 fully saturated rings. The van der Waals surface area contributed by atoms with Crippen molar-refractivity contribution < 1.29 is 42.0 Å². The summed E-state index contributed by atoms with van der Waals surface area (Å²) in [5, 5.41) is 11.0. The van der Waals surface area contributed by atoms with Crippen molar-refractivity contribution in [2.45, 2.75) is 39.5 Å². The summed E-state index contributed by atoms with van der Waals surface area (Å²) in [5.74, 6) is -3.48. The minimum absolute atomic E-state index is 0.0195. The molecule has 11 nitrogen and oxygen atoms in total. The highest BCUT2D eigenvalue weighted by atomic mass is 32.2. The van der Waals surface area contributed by atoms with E-state index in [4.69, 9.17) is 14.4 Å². The molecular formula is C17H30N2O9S. The van der Waals surface area contributed by atoms with Crippen LogP contribution in [0.25, 0.3) is 0 Å². The number of esters is 1. The first kappa shape index (κ1) is 28.7. The van der Waals surface area contributed by atoms with Crippen LogP contribution in [-0.2, 0) is 34.0 Å². The van der Waals surface area contributed by atoms with Gasteiger partial charge < -0.3 is 20.1 Å². The molecule has 29 heavy (non-hydrogen) atoms. The average Bonchev–Trinajstić information content (AvgIpc) is 2.64. The third-order valence-corrected chi connectivity index (χ3v) is 3.86. The van der Waals surface area contributed by atoms with E-state index in [1.54, 1.807) is 0 Å². The van der Waals surface area contributed by atoms with E-state index in [1.807, 2.05) is 13.8 Å². The summed E-state index contributed by atoms with van der Waals surface area (Å²) in [5.41, 5.74) is 0. The SMILES string of the molecule is C=CCOC(=O)CCN(CCC(=O)O)C(=O)CCC(=O)NCCS(=O)(=O)O.CC. The molecule has 0 heterocycles. The van der Waals surface area contributed by atoms with Gasteiger partial charge in [-0.2, -0.15) is 8.42 Å². The number of amides is 2. The van der Waals surface area contributed by atoms with Gasteiger partial charge in [-0.15, -0.1) is 0 Å². The van der Waals surface area contributed by atoms with Crippen LogP contribution in [0.15, 0.2) is 12.7 Å². The number of ether oxygens (including phenoxy) is 1. The highest BCUT2D eigenvalue weighted by Gasteiger charge is 2.18. The summed E-state index contributed by atoms with van der Waals surface area (Å²) in [6.45, 7) is 6.91. The van der Waals surface area contributed by atoms with Gasteiger partial charge in [-0.25, -0.2) is 0 Å². The first-order valence-electron chi connectivity index (χ1n) is 9.03. The average molecular weight is 438 g/mol. The maximum Gasteiger partial charge on any atom is 0.307 e. The van der Waals surface area contributed by atoms with Crippen molar-refractivity contribution in [2.24, 2.45) is 0 Å². The first-order chi connectivity index (χ1) is 13.5. The number of carbonyl (C=O) groups excluding carboxylic acids is 3. The molecule has 0 aliphatic rings. The molecule has 0 unspecified atom stereocenters. The Bertz CT molecular complexity index is 647. The second-order valence-corrected chi connectivity index (χ2v) is 6.95. The fourth-order valence-electron chi connectivity index (χ4n) is 1.83. The van der Waals surface area contributed by atoms with Gasteiger partial charge in [0.15, 0.2) is 0 Å². The number of nitrogens with one attached hydrogen (secondary N) is 1. The lowest BCUT2D eigenvalue weighted by Gasteiger charge is -2.21. The van der Waals surface area contributed by atoms with Crippen LogP contribution < -0.4 is 5.32 Å². The second-order valence-electron chi connectivity index (χ2n) is 5.38. The maximum atomic E-state index is 12.2. The van der Waals surface area contributed by atoms with E-state index in [2.05, 4.69) is 11.9 Å². The summed E-state index contributed by atoms with van der Waals surface area (Å²) < 4.78 is 34.4. The summed E-state index contributed by atoms with van der Waals surface area (Å²) >= 11 is 0. The molecule has 0 rings (SSSR count). The molecular weight excluding hydrogens is 408 g/mol. The molecule has 0 atom stereocenters. The minimum Gasteiger partial charge on any atom is -0.481 e. The largest absolute Gasteiger partial charge is 0.481 e. The van der Waals surface area contributed by atoms with Crippen molar-refractivity contribution in [3.8, 4) is 0 Å². The van der Waals surface area contributed by atoms with Crippen LogP contribution in [0.3, 0.4) is 0 Å². The molecule has 0 spiro atoms. The van der Waals surface area contributed by atoms with Gasteiger partial charge in [0.25, 0.3) is 10.1 Å². The molecule has 0 radical (unpaired) electrons. The molecule has 0 bridgehead atoms. The Hall–Kier alpha value is -2.47. The van der Waals surface area contributed by atoms with Crippen molar-refractivity contribution in [1.82, 2.24) is 10.2 Å². The zero-order chi connectivity index (χ0) is 22.9. The van der Waals surface area contributed by atoms with E-state index in [0.29, 0.717) is 0 Å².